The highest BCUT2D eigenvalue weighted by molar-refractivity contribution is 7.99. The Morgan fingerprint density at radius 3 is 2.64 bits per heavy atom. The SMILES string of the molecule is CC(C)(CCO)OCCSC1CCC1. The molecule has 1 aliphatic carbocycles. The molecule has 1 aliphatic rings. The zero-order valence-corrected chi connectivity index (χ0v) is 10.1. The van der Waals surface area contributed by atoms with Crippen molar-refractivity contribution in [1.82, 2.24) is 0 Å². The quantitative estimate of drug-likeness (QED) is 0.666. The fraction of sp³-hybridized carbons (Fsp3) is 1.00. The molecule has 0 amide bonds. The van der Waals surface area contributed by atoms with Crippen LogP contribution < -0.4 is 0 Å². The molecule has 1 N–H and O–H groups in total. The summed E-state index contributed by atoms with van der Waals surface area (Å²) in [5.41, 5.74) is -0.158. The van der Waals surface area contributed by atoms with Gasteiger partial charge in [0.15, 0.2) is 0 Å². The average Bonchev–Trinajstić information content (AvgIpc) is 2.00. The number of ether oxygens (including phenoxy) is 1. The van der Waals surface area contributed by atoms with E-state index >= 15 is 0 Å². The third-order valence-electron chi connectivity index (χ3n) is 2.70. The molecular weight excluding hydrogens is 196 g/mol. The van der Waals surface area contributed by atoms with Crippen LogP contribution in [0.1, 0.15) is 39.5 Å². The molecule has 1 rings (SSSR count). The van der Waals surface area contributed by atoms with Crippen LogP contribution in [0.5, 0.6) is 0 Å². The summed E-state index contributed by atoms with van der Waals surface area (Å²) in [7, 11) is 0. The van der Waals surface area contributed by atoms with Crippen LogP contribution in [0.25, 0.3) is 0 Å². The van der Waals surface area contributed by atoms with Gasteiger partial charge in [0.05, 0.1) is 12.2 Å². The third kappa shape index (κ3) is 4.67. The minimum atomic E-state index is -0.158. The van der Waals surface area contributed by atoms with E-state index in [-0.39, 0.29) is 12.2 Å². The first kappa shape index (κ1) is 12.3. The zero-order chi connectivity index (χ0) is 10.4. The second-order valence-corrected chi connectivity index (χ2v) is 5.91. The zero-order valence-electron chi connectivity index (χ0n) is 9.29. The molecule has 0 aromatic heterocycles. The Balaban J connectivity index is 1.96. The van der Waals surface area contributed by atoms with Gasteiger partial charge in [-0.15, -0.1) is 0 Å². The van der Waals surface area contributed by atoms with Crippen LogP contribution in [-0.4, -0.2) is 34.9 Å². The van der Waals surface area contributed by atoms with E-state index in [4.69, 9.17) is 9.84 Å². The summed E-state index contributed by atoms with van der Waals surface area (Å²) < 4.78 is 5.71. The maximum Gasteiger partial charge on any atom is 0.0648 e. The van der Waals surface area contributed by atoms with Gasteiger partial charge in [0.1, 0.15) is 0 Å². The molecule has 0 aliphatic heterocycles. The van der Waals surface area contributed by atoms with Gasteiger partial charge in [-0.05, 0) is 33.1 Å². The molecule has 2 nitrogen and oxygen atoms in total. The Kier molecular flexibility index (Phi) is 5.28. The Labute approximate surface area is 91.4 Å². The van der Waals surface area contributed by atoms with Crippen molar-refractivity contribution >= 4 is 11.8 Å². The second-order valence-electron chi connectivity index (χ2n) is 4.51. The van der Waals surface area contributed by atoms with Gasteiger partial charge in [0.25, 0.3) is 0 Å². The van der Waals surface area contributed by atoms with Crippen molar-refractivity contribution in [1.29, 1.82) is 0 Å². The van der Waals surface area contributed by atoms with Crippen molar-refractivity contribution in [3.05, 3.63) is 0 Å². The summed E-state index contributed by atoms with van der Waals surface area (Å²) in [5, 5.41) is 9.71. The van der Waals surface area contributed by atoms with Gasteiger partial charge in [-0.1, -0.05) is 6.42 Å². The van der Waals surface area contributed by atoms with Gasteiger partial charge < -0.3 is 9.84 Å². The molecule has 3 heteroatoms. The van der Waals surface area contributed by atoms with Crippen LogP contribution in [0.3, 0.4) is 0 Å². The van der Waals surface area contributed by atoms with E-state index in [1.807, 2.05) is 25.6 Å². The molecular formula is C11H22O2S. The van der Waals surface area contributed by atoms with Gasteiger partial charge in [-0.25, -0.2) is 0 Å². The Bertz CT molecular complexity index is 155. The lowest BCUT2D eigenvalue weighted by molar-refractivity contribution is -0.0245. The Morgan fingerprint density at radius 1 is 1.43 bits per heavy atom. The predicted molar refractivity (Wildman–Crippen MR) is 61.8 cm³/mol. The van der Waals surface area contributed by atoms with E-state index in [0.717, 1.165) is 24.0 Å². The number of thioether (sulfide) groups is 1. The first-order valence-corrected chi connectivity index (χ1v) is 6.55. The van der Waals surface area contributed by atoms with Gasteiger partial charge in [0, 0.05) is 17.6 Å². The maximum absolute atomic E-state index is 8.81. The number of aliphatic hydroxyl groups is 1. The van der Waals surface area contributed by atoms with Crippen LogP contribution in [-0.2, 0) is 4.74 Å². The number of rotatable bonds is 7. The van der Waals surface area contributed by atoms with Crippen LogP contribution >= 0.6 is 11.8 Å². The number of aliphatic hydroxyl groups excluding tert-OH is 1. The molecule has 84 valence electrons. The largest absolute Gasteiger partial charge is 0.396 e. The summed E-state index contributed by atoms with van der Waals surface area (Å²) in [4.78, 5) is 0. The second kappa shape index (κ2) is 5.99. The van der Waals surface area contributed by atoms with Gasteiger partial charge in [-0.2, -0.15) is 11.8 Å². The first-order valence-electron chi connectivity index (χ1n) is 5.50. The predicted octanol–water partition coefficient (Wildman–Crippen LogP) is 2.45. The lowest BCUT2D eigenvalue weighted by Crippen LogP contribution is -2.27. The van der Waals surface area contributed by atoms with Crippen molar-refractivity contribution < 1.29 is 9.84 Å². The molecule has 0 aromatic rings. The van der Waals surface area contributed by atoms with E-state index in [1.54, 1.807) is 0 Å². The van der Waals surface area contributed by atoms with Crippen molar-refractivity contribution in [2.45, 2.75) is 50.4 Å². The molecule has 14 heavy (non-hydrogen) atoms. The van der Waals surface area contributed by atoms with Crippen LogP contribution in [0, 0.1) is 0 Å². The summed E-state index contributed by atoms with van der Waals surface area (Å²) in [6.07, 6.45) is 4.92. The topological polar surface area (TPSA) is 29.5 Å². The highest BCUT2D eigenvalue weighted by Gasteiger charge is 2.19. The summed E-state index contributed by atoms with van der Waals surface area (Å²) in [6.45, 7) is 5.10. The van der Waals surface area contributed by atoms with Crippen LogP contribution in [0.2, 0.25) is 0 Å². The normalized spacial score (nSPS) is 18.2. The van der Waals surface area contributed by atoms with E-state index in [9.17, 15) is 0 Å². The van der Waals surface area contributed by atoms with Crippen molar-refractivity contribution in [2.24, 2.45) is 0 Å². The smallest absolute Gasteiger partial charge is 0.0648 e. The number of hydrogen-bond acceptors (Lipinski definition) is 3. The molecule has 0 aromatic carbocycles. The fourth-order valence-electron chi connectivity index (χ4n) is 1.41. The molecule has 0 saturated heterocycles. The monoisotopic (exact) mass is 218 g/mol. The van der Waals surface area contributed by atoms with E-state index < -0.39 is 0 Å². The molecule has 1 saturated carbocycles. The van der Waals surface area contributed by atoms with Crippen molar-refractivity contribution in [3.8, 4) is 0 Å². The van der Waals surface area contributed by atoms with E-state index in [2.05, 4.69) is 0 Å². The molecule has 0 unspecified atom stereocenters. The Morgan fingerprint density at radius 2 is 2.14 bits per heavy atom. The molecule has 1 fully saturated rings. The molecule has 0 radical (unpaired) electrons. The van der Waals surface area contributed by atoms with Crippen LogP contribution in [0.15, 0.2) is 0 Å². The van der Waals surface area contributed by atoms with Crippen molar-refractivity contribution in [2.75, 3.05) is 19.0 Å². The Hall–Kier alpha value is 0.270. The standard InChI is InChI=1S/C11H22O2S/c1-11(2,6-7-12)13-8-9-14-10-4-3-5-10/h10,12H,3-9H2,1-2H3. The lowest BCUT2D eigenvalue weighted by atomic mass is 10.0. The summed E-state index contributed by atoms with van der Waals surface area (Å²) in [6, 6.07) is 0. The lowest BCUT2D eigenvalue weighted by Gasteiger charge is -2.27. The van der Waals surface area contributed by atoms with Crippen LogP contribution in [0.4, 0.5) is 0 Å². The fourth-order valence-corrected chi connectivity index (χ4v) is 2.59. The van der Waals surface area contributed by atoms with Gasteiger partial charge in [-0.3, -0.25) is 0 Å². The third-order valence-corrected chi connectivity index (χ3v) is 4.04. The van der Waals surface area contributed by atoms with E-state index in [0.29, 0.717) is 0 Å². The maximum atomic E-state index is 8.81. The van der Waals surface area contributed by atoms with E-state index in [1.165, 1.54) is 19.3 Å². The minimum Gasteiger partial charge on any atom is -0.396 e. The van der Waals surface area contributed by atoms with Gasteiger partial charge in [0.2, 0.25) is 0 Å². The minimum absolute atomic E-state index is 0.158. The summed E-state index contributed by atoms with van der Waals surface area (Å²) >= 11 is 2.03. The van der Waals surface area contributed by atoms with Gasteiger partial charge >= 0.3 is 0 Å². The molecule has 0 spiro atoms. The average molecular weight is 218 g/mol. The number of hydrogen-bond donors (Lipinski definition) is 1. The highest BCUT2D eigenvalue weighted by Crippen LogP contribution is 2.31. The highest BCUT2D eigenvalue weighted by atomic mass is 32.2. The first-order chi connectivity index (χ1) is 6.64. The molecule has 0 bridgehead atoms. The van der Waals surface area contributed by atoms with Crippen molar-refractivity contribution in [3.63, 3.8) is 0 Å². The molecule has 0 atom stereocenters. The molecule has 0 heterocycles. The summed E-state index contributed by atoms with van der Waals surface area (Å²) in [5.74, 6) is 1.10.